The van der Waals surface area contributed by atoms with E-state index >= 15 is 0 Å². The van der Waals surface area contributed by atoms with Crippen molar-refractivity contribution >= 4 is 11.6 Å². The minimum atomic E-state index is -0.187. The molecule has 2 N–H and O–H groups in total. The van der Waals surface area contributed by atoms with Gasteiger partial charge >= 0.3 is 0 Å². The first-order valence-electron chi connectivity index (χ1n) is 5.83. The molecule has 2 rings (SSSR count). The van der Waals surface area contributed by atoms with Gasteiger partial charge < -0.3 is 5.73 Å². The minimum absolute atomic E-state index is 0.170. The number of nitrogens with two attached hydrogens (primary N) is 1. The second-order valence-electron chi connectivity index (χ2n) is 4.67. The molecular formula is C13H17ClFN. The minimum Gasteiger partial charge on any atom is -0.330 e. The number of hydrogen-bond donors (Lipinski definition) is 1. The van der Waals surface area contributed by atoms with Crippen LogP contribution in [0, 0.1) is 5.82 Å². The van der Waals surface area contributed by atoms with Crippen LogP contribution in [0.5, 0.6) is 0 Å². The van der Waals surface area contributed by atoms with E-state index in [9.17, 15) is 4.39 Å². The summed E-state index contributed by atoms with van der Waals surface area (Å²) in [7, 11) is 0. The molecule has 1 saturated carbocycles. The van der Waals surface area contributed by atoms with Gasteiger partial charge in [0.2, 0.25) is 0 Å². The standard InChI is InChI=1S/C13H17ClFN/c14-10-4-5-12(15)11(8-10)13(9-16)6-2-1-3-7-13/h4-5,8H,1-3,6-7,9,16H2. The molecule has 0 amide bonds. The molecule has 0 radical (unpaired) electrons. The molecule has 0 bridgehead atoms. The average molecular weight is 242 g/mol. The fraction of sp³-hybridized carbons (Fsp3) is 0.538. The van der Waals surface area contributed by atoms with Crippen molar-refractivity contribution in [2.45, 2.75) is 37.5 Å². The Morgan fingerprint density at radius 1 is 1.25 bits per heavy atom. The van der Waals surface area contributed by atoms with Crippen molar-refractivity contribution in [3.8, 4) is 0 Å². The first-order valence-corrected chi connectivity index (χ1v) is 6.21. The van der Waals surface area contributed by atoms with E-state index < -0.39 is 0 Å². The SMILES string of the molecule is NCC1(c2cc(Cl)ccc2F)CCCCC1. The molecule has 1 nitrogen and oxygen atoms in total. The van der Waals surface area contributed by atoms with E-state index in [1.807, 2.05) is 0 Å². The average Bonchev–Trinajstić information content (AvgIpc) is 2.33. The predicted molar refractivity (Wildman–Crippen MR) is 65.2 cm³/mol. The molecule has 88 valence electrons. The van der Waals surface area contributed by atoms with Crippen molar-refractivity contribution in [3.63, 3.8) is 0 Å². The van der Waals surface area contributed by atoms with Crippen LogP contribution in [0.2, 0.25) is 5.02 Å². The quantitative estimate of drug-likeness (QED) is 0.841. The molecule has 0 unspecified atom stereocenters. The van der Waals surface area contributed by atoms with Crippen molar-refractivity contribution < 1.29 is 4.39 Å². The van der Waals surface area contributed by atoms with Crippen LogP contribution in [0.4, 0.5) is 4.39 Å². The monoisotopic (exact) mass is 241 g/mol. The van der Waals surface area contributed by atoms with E-state index in [0.717, 1.165) is 25.7 Å². The van der Waals surface area contributed by atoms with Gasteiger partial charge in [-0.25, -0.2) is 4.39 Å². The maximum atomic E-state index is 13.9. The van der Waals surface area contributed by atoms with Crippen LogP contribution in [-0.4, -0.2) is 6.54 Å². The van der Waals surface area contributed by atoms with Gasteiger partial charge in [-0.15, -0.1) is 0 Å². The lowest BCUT2D eigenvalue weighted by atomic mass is 9.69. The molecule has 0 atom stereocenters. The summed E-state index contributed by atoms with van der Waals surface area (Å²) in [5.41, 5.74) is 6.40. The molecule has 16 heavy (non-hydrogen) atoms. The Balaban J connectivity index is 2.42. The highest BCUT2D eigenvalue weighted by atomic mass is 35.5. The number of rotatable bonds is 2. The van der Waals surface area contributed by atoms with Gasteiger partial charge in [-0.3, -0.25) is 0 Å². The first kappa shape index (κ1) is 11.9. The highest BCUT2D eigenvalue weighted by Crippen LogP contribution is 2.40. The summed E-state index contributed by atoms with van der Waals surface area (Å²) in [6, 6.07) is 4.78. The van der Waals surface area contributed by atoms with Crippen LogP contribution in [-0.2, 0) is 5.41 Å². The van der Waals surface area contributed by atoms with Gasteiger partial charge in [0.25, 0.3) is 0 Å². The van der Waals surface area contributed by atoms with E-state index in [1.165, 1.54) is 12.5 Å². The zero-order valence-corrected chi connectivity index (χ0v) is 10.1. The summed E-state index contributed by atoms with van der Waals surface area (Å²) in [4.78, 5) is 0. The Labute approximate surface area is 101 Å². The lowest BCUT2D eigenvalue weighted by Gasteiger charge is -2.37. The molecule has 1 aliphatic rings. The van der Waals surface area contributed by atoms with Gasteiger partial charge in [0.15, 0.2) is 0 Å². The molecule has 1 fully saturated rings. The second-order valence-corrected chi connectivity index (χ2v) is 5.11. The maximum absolute atomic E-state index is 13.9. The van der Waals surface area contributed by atoms with E-state index in [2.05, 4.69) is 0 Å². The highest BCUT2D eigenvalue weighted by Gasteiger charge is 2.34. The van der Waals surface area contributed by atoms with Crippen molar-refractivity contribution in [1.29, 1.82) is 0 Å². The predicted octanol–water partition coefficient (Wildman–Crippen LogP) is 3.64. The van der Waals surface area contributed by atoms with Gasteiger partial charge in [0.1, 0.15) is 5.82 Å². The molecule has 1 aliphatic carbocycles. The molecule has 0 heterocycles. The van der Waals surface area contributed by atoms with Crippen molar-refractivity contribution in [3.05, 3.63) is 34.6 Å². The Hall–Kier alpha value is -0.600. The third kappa shape index (κ3) is 2.09. The summed E-state index contributed by atoms with van der Waals surface area (Å²) in [5.74, 6) is -0.170. The second kappa shape index (κ2) is 4.72. The Kier molecular flexibility index (Phi) is 3.50. The van der Waals surface area contributed by atoms with Crippen LogP contribution >= 0.6 is 11.6 Å². The van der Waals surface area contributed by atoms with Crippen LogP contribution in [0.3, 0.4) is 0 Å². The summed E-state index contributed by atoms with van der Waals surface area (Å²) < 4.78 is 13.9. The third-order valence-corrected chi connectivity index (χ3v) is 3.94. The molecule has 1 aromatic rings. The zero-order chi connectivity index (χ0) is 11.6. The van der Waals surface area contributed by atoms with Crippen LogP contribution in [0.25, 0.3) is 0 Å². The summed E-state index contributed by atoms with van der Waals surface area (Å²) in [6.07, 6.45) is 5.43. The molecule has 0 saturated heterocycles. The number of halogens is 2. The Morgan fingerprint density at radius 2 is 1.94 bits per heavy atom. The Bertz CT molecular complexity index is 372. The van der Waals surface area contributed by atoms with Crippen molar-refractivity contribution in [2.24, 2.45) is 5.73 Å². The van der Waals surface area contributed by atoms with Crippen LogP contribution < -0.4 is 5.73 Å². The van der Waals surface area contributed by atoms with Crippen LogP contribution in [0.1, 0.15) is 37.7 Å². The molecule has 0 aromatic heterocycles. The fourth-order valence-corrected chi connectivity index (χ4v) is 2.89. The molecule has 0 aliphatic heterocycles. The van der Waals surface area contributed by atoms with Crippen molar-refractivity contribution in [1.82, 2.24) is 0 Å². The zero-order valence-electron chi connectivity index (χ0n) is 9.31. The van der Waals surface area contributed by atoms with Gasteiger partial charge in [0.05, 0.1) is 0 Å². The van der Waals surface area contributed by atoms with E-state index in [4.69, 9.17) is 17.3 Å². The molecule has 1 aromatic carbocycles. The highest BCUT2D eigenvalue weighted by molar-refractivity contribution is 6.30. The number of hydrogen-bond acceptors (Lipinski definition) is 1. The fourth-order valence-electron chi connectivity index (χ4n) is 2.72. The van der Waals surface area contributed by atoms with E-state index in [0.29, 0.717) is 17.1 Å². The molecule has 0 spiro atoms. The molecular weight excluding hydrogens is 225 g/mol. The smallest absolute Gasteiger partial charge is 0.127 e. The maximum Gasteiger partial charge on any atom is 0.127 e. The van der Waals surface area contributed by atoms with Crippen molar-refractivity contribution in [2.75, 3.05) is 6.54 Å². The number of benzene rings is 1. The topological polar surface area (TPSA) is 26.0 Å². The van der Waals surface area contributed by atoms with E-state index in [1.54, 1.807) is 12.1 Å². The third-order valence-electron chi connectivity index (χ3n) is 3.70. The summed E-state index contributed by atoms with van der Waals surface area (Å²) >= 11 is 5.95. The van der Waals surface area contributed by atoms with E-state index in [-0.39, 0.29) is 11.2 Å². The first-order chi connectivity index (χ1) is 7.68. The lowest BCUT2D eigenvalue weighted by Crippen LogP contribution is -2.37. The molecule has 3 heteroatoms. The van der Waals surface area contributed by atoms with Crippen LogP contribution in [0.15, 0.2) is 18.2 Å². The lowest BCUT2D eigenvalue weighted by molar-refractivity contribution is 0.291. The van der Waals surface area contributed by atoms with Gasteiger partial charge in [-0.05, 0) is 36.6 Å². The largest absolute Gasteiger partial charge is 0.330 e. The van der Waals surface area contributed by atoms with Gasteiger partial charge in [-0.2, -0.15) is 0 Å². The van der Waals surface area contributed by atoms with Gasteiger partial charge in [0, 0.05) is 17.0 Å². The van der Waals surface area contributed by atoms with Gasteiger partial charge in [-0.1, -0.05) is 30.9 Å². The normalized spacial score (nSPS) is 19.7. The summed E-state index contributed by atoms with van der Waals surface area (Å²) in [5, 5.41) is 0.592. The summed E-state index contributed by atoms with van der Waals surface area (Å²) in [6.45, 7) is 0.504. The Morgan fingerprint density at radius 3 is 2.56 bits per heavy atom.